The molecule has 3 rings (SSSR count). The van der Waals surface area contributed by atoms with Crippen LogP contribution in [0.2, 0.25) is 0 Å². The molecule has 2 aliphatic rings. The number of ether oxygens (including phenoxy) is 2. The van der Waals surface area contributed by atoms with E-state index in [0.29, 0.717) is 19.8 Å². The van der Waals surface area contributed by atoms with Gasteiger partial charge in [0.05, 0.1) is 17.6 Å². The Balaban J connectivity index is 1.54. The first-order valence-electron chi connectivity index (χ1n) is 7.04. The van der Waals surface area contributed by atoms with Crippen molar-refractivity contribution in [1.82, 2.24) is 5.32 Å². The van der Waals surface area contributed by atoms with Crippen molar-refractivity contribution >= 4 is 9.84 Å². The van der Waals surface area contributed by atoms with Gasteiger partial charge in [-0.05, 0) is 30.7 Å². The third-order valence-electron chi connectivity index (χ3n) is 3.75. The molecule has 1 aromatic carbocycles. The van der Waals surface area contributed by atoms with E-state index < -0.39 is 15.9 Å². The molecule has 7 heteroatoms. The van der Waals surface area contributed by atoms with Crippen molar-refractivity contribution in [1.29, 1.82) is 0 Å². The van der Waals surface area contributed by atoms with Gasteiger partial charge in [0.25, 0.3) is 0 Å². The number of fused-ring (bicyclic) bond motifs is 1. The Kier molecular flexibility index (Phi) is 4.05. The molecule has 2 aliphatic heterocycles. The van der Waals surface area contributed by atoms with E-state index in [2.05, 4.69) is 5.32 Å². The maximum Gasteiger partial charge on any atom is 0.161 e. The number of aliphatic hydroxyl groups excluding tert-OH is 1. The van der Waals surface area contributed by atoms with Gasteiger partial charge in [-0.15, -0.1) is 0 Å². The second kappa shape index (κ2) is 5.82. The number of rotatable bonds is 4. The summed E-state index contributed by atoms with van der Waals surface area (Å²) in [6, 6.07) is 5.43. The zero-order valence-electron chi connectivity index (χ0n) is 11.6. The summed E-state index contributed by atoms with van der Waals surface area (Å²) >= 11 is 0. The molecule has 1 fully saturated rings. The number of sulfone groups is 1. The van der Waals surface area contributed by atoms with E-state index >= 15 is 0 Å². The number of aliphatic hydroxyl groups is 1. The van der Waals surface area contributed by atoms with E-state index in [4.69, 9.17) is 9.47 Å². The van der Waals surface area contributed by atoms with Crippen molar-refractivity contribution in [3.63, 3.8) is 0 Å². The van der Waals surface area contributed by atoms with Gasteiger partial charge in [-0.2, -0.15) is 0 Å². The molecule has 0 saturated carbocycles. The predicted molar refractivity (Wildman–Crippen MR) is 77.6 cm³/mol. The van der Waals surface area contributed by atoms with Gasteiger partial charge in [0.1, 0.15) is 13.2 Å². The molecule has 2 atom stereocenters. The standard InChI is InChI=1S/C14H19NO5S/c16-12-9-21(17,18)8-11(12)15-4-3-10-1-2-13-14(7-10)20-6-5-19-13/h1-2,7,11-12,15-16H,3-6,8-9H2/t11-,12+/m0/s1. The summed E-state index contributed by atoms with van der Waals surface area (Å²) in [5.74, 6) is 1.38. The van der Waals surface area contributed by atoms with Gasteiger partial charge in [-0.25, -0.2) is 8.42 Å². The lowest BCUT2D eigenvalue weighted by Crippen LogP contribution is -2.39. The molecule has 0 unspecified atom stereocenters. The van der Waals surface area contributed by atoms with Gasteiger partial charge in [0, 0.05) is 6.04 Å². The molecule has 6 nitrogen and oxygen atoms in total. The summed E-state index contributed by atoms with van der Waals surface area (Å²) in [4.78, 5) is 0. The Labute approximate surface area is 124 Å². The zero-order valence-corrected chi connectivity index (χ0v) is 12.4. The number of benzene rings is 1. The average molecular weight is 313 g/mol. The van der Waals surface area contributed by atoms with Crippen LogP contribution in [-0.2, 0) is 16.3 Å². The van der Waals surface area contributed by atoms with Crippen LogP contribution >= 0.6 is 0 Å². The quantitative estimate of drug-likeness (QED) is 0.797. The van der Waals surface area contributed by atoms with Crippen molar-refractivity contribution in [3.8, 4) is 11.5 Å². The van der Waals surface area contributed by atoms with Gasteiger partial charge in [0.15, 0.2) is 21.3 Å². The van der Waals surface area contributed by atoms with Crippen molar-refractivity contribution in [2.24, 2.45) is 0 Å². The summed E-state index contributed by atoms with van der Waals surface area (Å²) in [6.45, 7) is 1.74. The first-order valence-corrected chi connectivity index (χ1v) is 8.86. The van der Waals surface area contributed by atoms with Crippen LogP contribution in [-0.4, -0.2) is 56.9 Å². The molecule has 0 spiro atoms. The summed E-state index contributed by atoms with van der Waals surface area (Å²) in [6.07, 6.45) is -0.0739. The van der Waals surface area contributed by atoms with Crippen LogP contribution in [0.3, 0.4) is 0 Å². The minimum Gasteiger partial charge on any atom is -0.486 e. The predicted octanol–water partition coefficient (Wildman–Crippen LogP) is -0.252. The minimum atomic E-state index is -3.10. The highest BCUT2D eigenvalue weighted by molar-refractivity contribution is 7.91. The van der Waals surface area contributed by atoms with Crippen LogP contribution < -0.4 is 14.8 Å². The SMILES string of the molecule is O=S1(=O)C[C@@H](O)[C@@H](NCCc2ccc3c(c2)OCCO3)C1. The van der Waals surface area contributed by atoms with Crippen LogP contribution in [0.4, 0.5) is 0 Å². The largest absolute Gasteiger partial charge is 0.486 e. The monoisotopic (exact) mass is 313 g/mol. The van der Waals surface area contributed by atoms with Gasteiger partial charge < -0.3 is 19.9 Å². The van der Waals surface area contributed by atoms with E-state index in [0.717, 1.165) is 23.5 Å². The Hall–Kier alpha value is -1.31. The molecule has 0 radical (unpaired) electrons. The molecule has 2 N–H and O–H groups in total. The lowest BCUT2D eigenvalue weighted by Gasteiger charge is -2.19. The fraction of sp³-hybridized carbons (Fsp3) is 0.571. The van der Waals surface area contributed by atoms with E-state index in [1.807, 2.05) is 18.2 Å². The second-order valence-corrected chi connectivity index (χ2v) is 7.59. The highest BCUT2D eigenvalue weighted by atomic mass is 32.2. The van der Waals surface area contributed by atoms with Gasteiger partial charge in [-0.3, -0.25) is 0 Å². The molecular weight excluding hydrogens is 294 g/mol. The zero-order chi connectivity index (χ0) is 14.9. The van der Waals surface area contributed by atoms with E-state index in [-0.39, 0.29) is 17.5 Å². The normalized spacial score (nSPS) is 26.7. The minimum absolute atomic E-state index is 0.00923. The lowest BCUT2D eigenvalue weighted by molar-refractivity contribution is 0.166. The smallest absolute Gasteiger partial charge is 0.161 e. The third kappa shape index (κ3) is 3.48. The van der Waals surface area contributed by atoms with Crippen LogP contribution in [0.1, 0.15) is 5.56 Å². The topological polar surface area (TPSA) is 84.9 Å². The van der Waals surface area contributed by atoms with Crippen molar-refractivity contribution < 1.29 is 23.0 Å². The molecule has 0 aromatic heterocycles. The van der Waals surface area contributed by atoms with Crippen LogP contribution in [0.5, 0.6) is 11.5 Å². The molecule has 21 heavy (non-hydrogen) atoms. The molecular formula is C14H19NO5S. The second-order valence-electron chi connectivity index (χ2n) is 5.43. The van der Waals surface area contributed by atoms with Crippen molar-refractivity contribution in [2.45, 2.75) is 18.6 Å². The Bertz CT molecular complexity index is 616. The van der Waals surface area contributed by atoms with Gasteiger partial charge >= 0.3 is 0 Å². The van der Waals surface area contributed by atoms with Crippen LogP contribution in [0.15, 0.2) is 18.2 Å². The maximum atomic E-state index is 11.4. The molecule has 0 aliphatic carbocycles. The van der Waals surface area contributed by atoms with E-state index in [1.54, 1.807) is 0 Å². The first kappa shape index (κ1) is 14.6. The summed E-state index contributed by atoms with van der Waals surface area (Å²) in [5.41, 5.74) is 1.09. The molecule has 0 amide bonds. The van der Waals surface area contributed by atoms with Gasteiger partial charge in [0.2, 0.25) is 0 Å². The van der Waals surface area contributed by atoms with E-state index in [9.17, 15) is 13.5 Å². The first-order chi connectivity index (χ1) is 10.0. The fourth-order valence-corrected chi connectivity index (χ4v) is 4.45. The molecule has 0 bridgehead atoms. The number of hydrogen-bond acceptors (Lipinski definition) is 6. The van der Waals surface area contributed by atoms with Crippen molar-refractivity contribution in [2.75, 3.05) is 31.3 Å². The Morgan fingerprint density at radius 1 is 1.19 bits per heavy atom. The molecule has 2 heterocycles. The highest BCUT2D eigenvalue weighted by Gasteiger charge is 2.35. The summed E-state index contributed by atoms with van der Waals surface area (Å²) < 4.78 is 33.8. The average Bonchev–Trinajstić information content (AvgIpc) is 2.71. The summed E-state index contributed by atoms with van der Waals surface area (Å²) in [7, 11) is -3.10. The number of nitrogens with one attached hydrogen (secondary N) is 1. The fourth-order valence-electron chi connectivity index (χ4n) is 2.67. The molecule has 1 aromatic rings. The number of hydrogen-bond donors (Lipinski definition) is 2. The Morgan fingerprint density at radius 3 is 2.67 bits per heavy atom. The van der Waals surface area contributed by atoms with Crippen LogP contribution in [0, 0.1) is 0 Å². The third-order valence-corrected chi connectivity index (χ3v) is 5.47. The Morgan fingerprint density at radius 2 is 1.95 bits per heavy atom. The van der Waals surface area contributed by atoms with E-state index in [1.165, 1.54) is 0 Å². The molecule has 1 saturated heterocycles. The maximum absolute atomic E-state index is 11.4. The summed E-state index contributed by atoms with van der Waals surface area (Å²) in [5, 5.41) is 12.8. The van der Waals surface area contributed by atoms with Crippen LogP contribution in [0.25, 0.3) is 0 Å². The molecule has 116 valence electrons. The lowest BCUT2D eigenvalue weighted by atomic mass is 10.1. The van der Waals surface area contributed by atoms with Gasteiger partial charge in [-0.1, -0.05) is 6.07 Å². The highest BCUT2D eigenvalue weighted by Crippen LogP contribution is 2.30. The van der Waals surface area contributed by atoms with Crippen molar-refractivity contribution in [3.05, 3.63) is 23.8 Å².